The first-order valence-corrected chi connectivity index (χ1v) is 4.27. The van der Waals surface area contributed by atoms with Crippen LogP contribution in [0.25, 0.3) is 0 Å². The van der Waals surface area contributed by atoms with Crippen LogP contribution in [0.1, 0.15) is 39.0 Å². The van der Waals surface area contributed by atoms with Crippen molar-refractivity contribution in [2.75, 3.05) is 6.54 Å². The molecule has 0 aromatic carbocycles. The van der Waals surface area contributed by atoms with Crippen LogP contribution in [0, 0.1) is 0 Å². The highest BCUT2D eigenvalue weighted by atomic mass is 35.5. The van der Waals surface area contributed by atoms with Crippen molar-refractivity contribution in [3.8, 4) is 0 Å². The molecule has 1 atom stereocenters. The maximum absolute atomic E-state index is 5.79. The number of hydrogen-bond acceptors (Lipinski definition) is 2. The van der Waals surface area contributed by atoms with Crippen LogP contribution in [0.2, 0.25) is 0 Å². The van der Waals surface area contributed by atoms with Gasteiger partial charge in [-0.15, -0.1) is 12.4 Å². The predicted molar refractivity (Wildman–Crippen MR) is 53.0 cm³/mol. The first-order chi connectivity index (χ1) is 4.81. The third-order valence-electron chi connectivity index (χ3n) is 1.71. The van der Waals surface area contributed by atoms with E-state index in [1.807, 2.05) is 0 Å². The molecule has 70 valence electrons. The fraction of sp³-hybridized carbons (Fsp3) is 1.00. The molecule has 0 fully saturated rings. The molecule has 0 heterocycles. The van der Waals surface area contributed by atoms with Crippen molar-refractivity contribution >= 4 is 12.4 Å². The van der Waals surface area contributed by atoms with Gasteiger partial charge in [-0.2, -0.15) is 0 Å². The Morgan fingerprint density at radius 3 is 2.18 bits per heavy atom. The third kappa shape index (κ3) is 10.2. The van der Waals surface area contributed by atoms with Crippen molar-refractivity contribution in [3.63, 3.8) is 0 Å². The SMILES string of the molecule is CCCCC(N)CCCN.Cl. The Morgan fingerprint density at radius 1 is 1.18 bits per heavy atom. The van der Waals surface area contributed by atoms with Gasteiger partial charge in [-0.05, 0) is 25.8 Å². The zero-order chi connectivity index (χ0) is 7.82. The van der Waals surface area contributed by atoms with Crippen LogP contribution in [0.5, 0.6) is 0 Å². The molecule has 0 spiro atoms. The van der Waals surface area contributed by atoms with Gasteiger partial charge in [0.25, 0.3) is 0 Å². The van der Waals surface area contributed by atoms with Gasteiger partial charge < -0.3 is 11.5 Å². The van der Waals surface area contributed by atoms with E-state index in [9.17, 15) is 0 Å². The standard InChI is InChI=1S/C8H20N2.ClH/c1-2-3-5-8(10)6-4-7-9;/h8H,2-7,9-10H2,1H3;1H. The largest absolute Gasteiger partial charge is 0.330 e. The van der Waals surface area contributed by atoms with Crippen LogP contribution < -0.4 is 11.5 Å². The number of hydrogen-bond donors (Lipinski definition) is 2. The molecule has 0 bridgehead atoms. The minimum absolute atomic E-state index is 0. The lowest BCUT2D eigenvalue weighted by atomic mass is 10.1. The maximum atomic E-state index is 5.79. The Labute approximate surface area is 76.1 Å². The van der Waals surface area contributed by atoms with Crippen molar-refractivity contribution in [3.05, 3.63) is 0 Å². The molecule has 0 amide bonds. The molecule has 0 rings (SSSR count). The van der Waals surface area contributed by atoms with Crippen molar-refractivity contribution < 1.29 is 0 Å². The molecule has 0 aliphatic heterocycles. The fourth-order valence-electron chi connectivity index (χ4n) is 0.991. The number of rotatable bonds is 6. The van der Waals surface area contributed by atoms with Crippen molar-refractivity contribution in [2.24, 2.45) is 11.5 Å². The van der Waals surface area contributed by atoms with Gasteiger partial charge in [-0.25, -0.2) is 0 Å². The molecular formula is C8H21ClN2. The highest BCUT2D eigenvalue weighted by molar-refractivity contribution is 5.85. The summed E-state index contributed by atoms with van der Waals surface area (Å²) in [6, 6.07) is 0.392. The van der Waals surface area contributed by atoms with Gasteiger partial charge in [0.2, 0.25) is 0 Å². The minimum Gasteiger partial charge on any atom is -0.330 e. The lowest BCUT2D eigenvalue weighted by Crippen LogP contribution is -2.20. The topological polar surface area (TPSA) is 52.0 Å². The smallest absolute Gasteiger partial charge is 0.00392 e. The van der Waals surface area contributed by atoms with Crippen LogP contribution in [0.4, 0.5) is 0 Å². The van der Waals surface area contributed by atoms with E-state index in [2.05, 4.69) is 6.92 Å². The minimum atomic E-state index is 0. The van der Waals surface area contributed by atoms with Crippen LogP contribution in [0.3, 0.4) is 0 Å². The molecule has 0 aliphatic rings. The second-order valence-corrected chi connectivity index (χ2v) is 2.83. The van der Waals surface area contributed by atoms with Crippen LogP contribution >= 0.6 is 12.4 Å². The van der Waals surface area contributed by atoms with Crippen molar-refractivity contribution in [2.45, 2.75) is 45.1 Å². The normalized spacial score (nSPS) is 12.3. The quantitative estimate of drug-likeness (QED) is 0.654. The van der Waals surface area contributed by atoms with Crippen LogP contribution in [-0.4, -0.2) is 12.6 Å². The summed E-state index contributed by atoms with van der Waals surface area (Å²) in [5.41, 5.74) is 11.1. The average Bonchev–Trinajstić information content (AvgIpc) is 1.97. The third-order valence-corrected chi connectivity index (χ3v) is 1.71. The average molecular weight is 181 g/mol. The molecule has 0 saturated heterocycles. The second-order valence-electron chi connectivity index (χ2n) is 2.83. The predicted octanol–water partition coefficient (Wildman–Crippen LogP) is 1.66. The molecule has 1 unspecified atom stereocenters. The molecule has 11 heavy (non-hydrogen) atoms. The first kappa shape index (κ1) is 13.8. The van der Waals surface area contributed by atoms with E-state index in [0.29, 0.717) is 6.04 Å². The van der Waals surface area contributed by atoms with E-state index in [1.54, 1.807) is 0 Å². The lowest BCUT2D eigenvalue weighted by molar-refractivity contribution is 0.527. The summed E-state index contributed by atoms with van der Waals surface area (Å²) < 4.78 is 0. The number of nitrogens with two attached hydrogens (primary N) is 2. The number of halogens is 1. The van der Waals surface area contributed by atoms with E-state index < -0.39 is 0 Å². The molecule has 0 aliphatic carbocycles. The maximum Gasteiger partial charge on any atom is 0.00392 e. The van der Waals surface area contributed by atoms with E-state index in [0.717, 1.165) is 25.8 Å². The first-order valence-electron chi connectivity index (χ1n) is 4.27. The fourth-order valence-corrected chi connectivity index (χ4v) is 0.991. The van der Waals surface area contributed by atoms with Gasteiger partial charge in [-0.3, -0.25) is 0 Å². The Kier molecular flexibility index (Phi) is 12.8. The summed E-state index contributed by atoms with van der Waals surface area (Å²) in [5.74, 6) is 0. The Balaban J connectivity index is 0. The van der Waals surface area contributed by atoms with E-state index >= 15 is 0 Å². The van der Waals surface area contributed by atoms with Crippen molar-refractivity contribution in [1.29, 1.82) is 0 Å². The summed E-state index contributed by atoms with van der Waals surface area (Å²) in [7, 11) is 0. The Morgan fingerprint density at radius 2 is 1.73 bits per heavy atom. The van der Waals surface area contributed by atoms with Crippen LogP contribution in [0.15, 0.2) is 0 Å². The molecule has 4 N–H and O–H groups in total. The highest BCUT2D eigenvalue weighted by Gasteiger charge is 1.99. The Bertz CT molecular complexity index is 61.1. The summed E-state index contributed by atoms with van der Waals surface area (Å²) in [6.07, 6.45) is 5.83. The summed E-state index contributed by atoms with van der Waals surface area (Å²) in [4.78, 5) is 0. The van der Waals surface area contributed by atoms with Gasteiger partial charge >= 0.3 is 0 Å². The second kappa shape index (κ2) is 10.2. The molecule has 0 aromatic rings. The summed E-state index contributed by atoms with van der Waals surface area (Å²) >= 11 is 0. The monoisotopic (exact) mass is 180 g/mol. The van der Waals surface area contributed by atoms with E-state index in [1.165, 1.54) is 12.8 Å². The van der Waals surface area contributed by atoms with Crippen molar-refractivity contribution in [1.82, 2.24) is 0 Å². The highest BCUT2D eigenvalue weighted by Crippen LogP contribution is 2.02. The zero-order valence-electron chi connectivity index (χ0n) is 7.38. The van der Waals surface area contributed by atoms with Gasteiger partial charge in [0.1, 0.15) is 0 Å². The van der Waals surface area contributed by atoms with E-state index in [-0.39, 0.29) is 12.4 Å². The molecular weight excluding hydrogens is 160 g/mol. The van der Waals surface area contributed by atoms with Gasteiger partial charge in [0.05, 0.1) is 0 Å². The van der Waals surface area contributed by atoms with Gasteiger partial charge in [0, 0.05) is 6.04 Å². The molecule has 2 nitrogen and oxygen atoms in total. The molecule has 0 saturated carbocycles. The lowest BCUT2D eigenvalue weighted by Gasteiger charge is -2.08. The Hall–Kier alpha value is 0.210. The van der Waals surface area contributed by atoms with E-state index in [4.69, 9.17) is 11.5 Å². The molecule has 0 aromatic heterocycles. The van der Waals surface area contributed by atoms with Gasteiger partial charge in [-0.1, -0.05) is 19.8 Å². The molecule has 3 heteroatoms. The molecule has 0 radical (unpaired) electrons. The number of unbranched alkanes of at least 4 members (excludes halogenated alkanes) is 1. The van der Waals surface area contributed by atoms with Crippen LogP contribution in [-0.2, 0) is 0 Å². The summed E-state index contributed by atoms with van der Waals surface area (Å²) in [5, 5.41) is 0. The zero-order valence-corrected chi connectivity index (χ0v) is 8.20. The van der Waals surface area contributed by atoms with Gasteiger partial charge in [0.15, 0.2) is 0 Å². The summed E-state index contributed by atoms with van der Waals surface area (Å²) in [6.45, 7) is 2.97.